The highest BCUT2D eigenvalue weighted by Gasteiger charge is 2.25. The van der Waals surface area contributed by atoms with Crippen LogP contribution in [0.15, 0.2) is 41.2 Å². The Kier molecular flexibility index (Phi) is 4.58. The van der Waals surface area contributed by atoms with E-state index in [0.29, 0.717) is 10.7 Å². The zero-order chi connectivity index (χ0) is 18.3. The zero-order valence-electron chi connectivity index (χ0n) is 13.2. The van der Waals surface area contributed by atoms with Crippen LogP contribution in [0.3, 0.4) is 0 Å². The van der Waals surface area contributed by atoms with E-state index in [1.54, 1.807) is 24.3 Å². The molecule has 0 spiro atoms. The third-order valence-electron chi connectivity index (χ3n) is 3.76. The minimum absolute atomic E-state index is 0.0196. The quantitative estimate of drug-likeness (QED) is 0.669. The number of hydrogen-bond donors (Lipinski definition) is 0. The van der Waals surface area contributed by atoms with Crippen LogP contribution < -0.4 is 10.3 Å². The molecule has 0 fully saturated rings. The summed E-state index contributed by atoms with van der Waals surface area (Å²) >= 11 is 12.0. The van der Waals surface area contributed by atoms with Gasteiger partial charge in [-0.1, -0.05) is 23.2 Å². The molecule has 0 N–H and O–H groups in total. The summed E-state index contributed by atoms with van der Waals surface area (Å²) in [7, 11) is 2.75. The Balaban J connectivity index is 2.37. The second kappa shape index (κ2) is 6.54. The molecule has 0 atom stereocenters. The molecule has 0 aliphatic heterocycles. The lowest BCUT2D eigenvalue weighted by molar-refractivity contribution is 0.407. The van der Waals surface area contributed by atoms with Gasteiger partial charge in [0.15, 0.2) is 0 Å². The van der Waals surface area contributed by atoms with Crippen LogP contribution in [-0.2, 0) is 7.05 Å². The highest BCUT2D eigenvalue weighted by Crippen LogP contribution is 2.35. The summed E-state index contributed by atoms with van der Waals surface area (Å²) < 4.78 is 36.4. The minimum atomic E-state index is -0.896. The Labute approximate surface area is 151 Å². The van der Waals surface area contributed by atoms with Gasteiger partial charge in [0.25, 0.3) is 5.56 Å². The summed E-state index contributed by atoms with van der Waals surface area (Å²) in [4.78, 5) is 12.3. The number of aromatic nitrogens is 2. The van der Waals surface area contributed by atoms with Crippen molar-refractivity contribution >= 4 is 23.2 Å². The lowest BCUT2D eigenvalue weighted by Crippen LogP contribution is -2.18. The van der Waals surface area contributed by atoms with Crippen molar-refractivity contribution < 1.29 is 13.5 Å². The van der Waals surface area contributed by atoms with Crippen molar-refractivity contribution in [3.05, 3.63) is 68.4 Å². The van der Waals surface area contributed by atoms with Gasteiger partial charge in [-0.3, -0.25) is 4.79 Å². The van der Waals surface area contributed by atoms with Crippen LogP contribution in [0.5, 0.6) is 5.75 Å². The molecule has 0 bridgehead atoms. The molecular formula is C17H12Cl2F2N2O2. The third-order valence-corrected chi connectivity index (χ3v) is 4.35. The minimum Gasteiger partial charge on any atom is -0.497 e. The van der Waals surface area contributed by atoms with E-state index in [1.807, 2.05) is 0 Å². The van der Waals surface area contributed by atoms with Crippen molar-refractivity contribution in [2.75, 3.05) is 7.11 Å². The number of halogens is 4. The number of hydrogen-bond acceptors (Lipinski definition) is 2. The molecule has 0 saturated heterocycles. The average molecular weight is 385 g/mol. The maximum Gasteiger partial charge on any atom is 0.286 e. The lowest BCUT2D eigenvalue weighted by atomic mass is 10.1. The first-order valence-electron chi connectivity index (χ1n) is 7.12. The first kappa shape index (κ1) is 17.5. The second-order valence-corrected chi connectivity index (χ2v) is 6.06. The summed E-state index contributed by atoms with van der Waals surface area (Å²) in [6.45, 7) is 0. The molecule has 0 unspecified atom stereocenters. The average Bonchev–Trinajstić information content (AvgIpc) is 2.79. The molecule has 130 valence electrons. The van der Waals surface area contributed by atoms with Gasteiger partial charge >= 0.3 is 0 Å². The highest BCUT2D eigenvalue weighted by molar-refractivity contribution is 6.33. The van der Waals surface area contributed by atoms with Crippen molar-refractivity contribution in [1.82, 2.24) is 9.36 Å². The van der Waals surface area contributed by atoms with Crippen LogP contribution in [0.25, 0.3) is 16.9 Å². The van der Waals surface area contributed by atoms with Crippen LogP contribution in [0.1, 0.15) is 0 Å². The van der Waals surface area contributed by atoms with Gasteiger partial charge in [0, 0.05) is 24.2 Å². The van der Waals surface area contributed by atoms with Gasteiger partial charge in [0.2, 0.25) is 0 Å². The SMILES string of the molecule is COc1cc(F)c(-c2c(Cl)c(=O)n(C)n2-c2ccc(Cl)cc2)c(F)c1. The third kappa shape index (κ3) is 2.92. The number of rotatable bonds is 3. The fraction of sp³-hybridized carbons (Fsp3) is 0.118. The number of ether oxygens (including phenoxy) is 1. The van der Waals surface area contributed by atoms with E-state index >= 15 is 0 Å². The van der Waals surface area contributed by atoms with Crippen molar-refractivity contribution in [2.45, 2.75) is 0 Å². The molecule has 3 aromatic rings. The van der Waals surface area contributed by atoms with E-state index in [9.17, 15) is 13.6 Å². The summed E-state index contributed by atoms with van der Waals surface area (Å²) in [6, 6.07) is 8.47. The summed E-state index contributed by atoms with van der Waals surface area (Å²) in [5.41, 5.74) is -0.616. The van der Waals surface area contributed by atoms with E-state index in [0.717, 1.165) is 12.1 Å². The number of nitrogens with zero attached hydrogens (tertiary/aromatic N) is 2. The molecule has 2 aromatic carbocycles. The van der Waals surface area contributed by atoms with Gasteiger partial charge in [0.1, 0.15) is 28.1 Å². The zero-order valence-corrected chi connectivity index (χ0v) is 14.7. The molecule has 0 radical (unpaired) electrons. The highest BCUT2D eigenvalue weighted by atomic mass is 35.5. The summed E-state index contributed by atoms with van der Waals surface area (Å²) in [6.07, 6.45) is 0. The Morgan fingerprint density at radius 3 is 2.12 bits per heavy atom. The molecule has 1 aromatic heterocycles. The topological polar surface area (TPSA) is 36.2 Å². The second-order valence-electron chi connectivity index (χ2n) is 5.25. The van der Waals surface area contributed by atoms with E-state index in [-0.39, 0.29) is 16.5 Å². The Hall–Kier alpha value is -2.31. The fourth-order valence-corrected chi connectivity index (χ4v) is 2.99. The Morgan fingerprint density at radius 1 is 1.04 bits per heavy atom. The van der Waals surface area contributed by atoms with E-state index in [2.05, 4.69) is 0 Å². The molecule has 1 heterocycles. The largest absolute Gasteiger partial charge is 0.497 e. The number of benzene rings is 2. The normalized spacial score (nSPS) is 11.0. The van der Waals surface area contributed by atoms with Gasteiger partial charge in [-0.25, -0.2) is 18.1 Å². The first-order chi connectivity index (χ1) is 11.8. The van der Waals surface area contributed by atoms with Crippen LogP contribution in [-0.4, -0.2) is 16.5 Å². The standard InChI is InChI=1S/C17H12Cl2F2N2O2/c1-22-17(24)15(19)16(23(22)10-5-3-9(18)4-6-10)14-12(20)7-11(25-2)8-13(14)21/h3-8H,1-2H3. The van der Waals surface area contributed by atoms with Gasteiger partial charge in [-0.2, -0.15) is 0 Å². The Bertz CT molecular complexity index is 988. The van der Waals surface area contributed by atoms with Crippen molar-refractivity contribution in [2.24, 2.45) is 7.05 Å². The molecule has 0 amide bonds. The van der Waals surface area contributed by atoms with Crippen molar-refractivity contribution in [3.8, 4) is 22.7 Å². The lowest BCUT2D eigenvalue weighted by Gasteiger charge is -2.14. The van der Waals surface area contributed by atoms with Crippen molar-refractivity contribution in [1.29, 1.82) is 0 Å². The van der Waals surface area contributed by atoms with Gasteiger partial charge < -0.3 is 4.74 Å². The molecule has 0 aliphatic carbocycles. The molecule has 0 saturated carbocycles. The van der Waals surface area contributed by atoms with Crippen LogP contribution in [0.2, 0.25) is 10.0 Å². The van der Waals surface area contributed by atoms with Gasteiger partial charge in [-0.05, 0) is 24.3 Å². The number of methoxy groups -OCH3 is 1. The first-order valence-corrected chi connectivity index (χ1v) is 7.87. The monoisotopic (exact) mass is 384 g/mol. The summed E-state index contributed by atoms with van der Waals surface area (Å²) in [5, 5.41) is 0.191. The van der Waals surface area contributed by atoms with Gasteiger partial charge in [0.05, 0.1) is 18.4 Å². The smallest absolute Gasteiger partial charge is 0.286 e. The van der Waals surface area contributed by atoms with Crippen LogP contribution in [0, 0.1) is 11.6 Å². The molecule has 4 nitrogen and oxygen atoms in total. The van der Waals surface area contributed by atoms with Gasteiger partial charge in [-0.15, -0.1) is 0 Å². The Morgan fingerprint density at radius 2 is 1.60 bits per heavy atom. The van der Waals surface area contributed by atoms with Crippen LogP contribution in [0.4, 0.5) is 8.78 Å². The maximum atomic E-state index is 14.5. The fourth-order valence-electron chi connectivity index (χ4n) is 2.57. The van der Waals surface area contributed by atoms with E-state index in [1.165, 1.54) is 23.5 Å². The molecule has 8 heteroatoms. The molecule has 25 heavy (non-hydrogen) atoms. The van der Waals surface area contributed by atoms with E-state index < -0.39 is 22.8 Å². The van der Waals surface area contributed by atoms with Crippen molar-refractivity contribution in [3.63, 3.8) is 0 Å². The molecular weight excluding hydrogens is 373 g/mol. The molecule has 3 rings (SSSR count). The maximum absolute atomic E-state index is 14.5. The van der Waals surface area contributed by atoms with E-state index in [4.69, 9.17) is 27.9 Å². The molecule has 0 aliphatic rings. The summed E-state index contributed by atoms with van der Waals surface area (Å²) in [5.74, 6) is -1.77. The predicted octanol–water partition coefficient (Wildman–Crippen LogP) is 4.44. The van der Waals surface area contributed by atoms with Crippen LogP contribution >= 0.6 is 23.2 Å². The predicted molar refractivity (Wildman–Crippen MR) is 92.9 cm³/mol.